The Morgan fingerprint density at radius 2 is 2.18 bits per heavy atom. The van der Waals surface area contributed by atoms with Gasteiger partial charge in [-0.05, 0) is 0 Å². The maximum Gasteiger partial charge on any atom is 0.261 e. The number of carbonyl (C=O) groups excluding carboxylic acids is 1. The Kier molecular flexibility index (Phi) is 4.12. The van der Waals surface area contributed by atoms with Gasteiger partial charge in [-0.3, -0.25) is 4.79 Å². The van der Waals surface area contributed by atoms with Crippen molar-refractivity contribution < 1.29 is 13.2 Å². The van der Waals surface area contributed by atoms with Gasteiger partial charge in [-0.15, -0.1) is 0 Å². The lowest BCUT2D eigenvalue weighted by atomic mass is 10.6. The summed E-state index contributed by atoms with van der Waals surface area (Å²) in [5, 5.41) is -0.289. The fourth-order valence-corrected chi connectivity index (χ4v) is 2.36. The van der Waals surface area contributed by atoms with E-state index in [4.69, 9.17) is 11.6 Å². The fraction of sp³-hybridized carbons (Fsp3) is 0.500. The first-order chi connectivity index (χ1) is 7.75. The summed E-state index contributed by atoms with van der Waals surface area (Å²) in [4.78, 5) is 16.2. The van der Waals surface area contributed by atoms with Crippen LogP contribution in [0.4, 0.5) is 0 Å². The molecule has 0 fully saturated rings. The number of rotatable bonds is 4. The Bertz CT molecular complexity index is 523. The number of hydrogen-bond donors (Lipinski definition) is 1. The standard InChI is InChI=1S/C8H13ClN4O3S/c1-12(2)6(14)4-11-17(15,16)8-7(9)13(3)5-10-8/h5,11H,4H2,1-3H3. The van der Waals surface area contributed by atoms with Gasteiger partial charge in [0.05, 0.1) is 12.9 Å². The van der Waals surface area contributed by atoms with Crippen LogP contribution in [-0.4, -0.2) is 49.4 Å². The van der Waals surface area contributed by atoms with E-state index < -0.39 is 10.0 Å². The summed E-state index contributed by atoms with van der Waals surface area (Å²) in [6.45, 7) is -0.331. The molecule has 1 N–H and O–H groups in total. The van der Waals surface area contributed by atoms with Gasteiger partial charge in [-0.25, -0.2) is 18.1 Å². The van der Waals surface area contributed by atoms with Crippen LogP contribution in [0.3, 0.4) is 0 Å². The van der Waals surface area contributed by atoms with Gasteiger partial charge >= 0.3 is 0 Å². The molecule has 0 atom stereocenters. The number of carbonyl (C=O) groups is 1. The average Bonchev–Trinajstić information content (AvgIpc) is 2.56. The number of nitrogens with one attached hydrogen (secondary N) is 1. The maximum atomic E-state index is 11.8. The minimum Gasteiger partial charge on any atom is -0.348 e. The van der Waals surface area contributed by atoms with E-state index in [1.165, 1.54) is 29.9 Å². The number of aryl methyl sites for hydroxylation is 1. The second-order valence-corrected chi connectivity index (χ2v) is 5.60. The zero-order valence-corrected chi connectivity index (χ0v) is 11.2. The normalized spacial score (nSPS) is 11.5. The lowest BCUT2D eigenvalue weighted by Gasteiger charge is -2.10. The molecular formula is C8H13ClN4O3S. The van der Waals surface area contributed by atoms with E-state index in [0.717, 1.165) is 0 Å². The molecule has 0 aromatic carbocycles. The molecule has 1 rings (SSSR count). The molecule has 0 radical (unpaired) electrons. The number of nitrogens with zero attached hydrogens (tertiary/aromatic N) is 3. The van der Waals surface area contributed by atoms with Gasteiger partial charge < -0.3 is 9.47 Å². The van der Waals surface area contributed by atoms with Crippen molar-refractivity contribution in [3.63, 3.8) is 0 Å². The maximum absolute atomic E-state index is 11.8. The third-order valence-corrected chi connectivity index (χ3v) is 3.89. The van der Waals surface area contributed by atoms with Gasteiger partial charge in [0.2, 0.25) is 10.9 Å². The van der Waals surface area contributed by atoms with Crippen LogP contribution in [-0.2, 0) is 21.9 Å². The van der Waals surface area contributed by atoms with Crippen molar-refractivity contribution in [2.45, 2.75) is 5.03 Å². The smallest absolute Gasteiger partial charge is 0.261 e. The highest BCUT2D eigenvalue weighted by atomic mass is 35.5. The summed E-state index contributed by atoms with van der Waals surface area (Å²) in [7, 11) is 0.773. The molecule has 17 heavy (non-hydrogen) atoms. The van der Waals surface area contributed by atoms with E-state index in [2.05, 4.69) is 9.71 Å². The highest BCUT2D eigenvalue weighted by molar-refractivity contribution is 7.89. The van der Waals surface area contributed by atoms with Crippen molar-refractivity contribution in [1.29, 1.82) is 0 Å². The molecule has 9 heteroatoms. The largest absolute Gasteiger partial charge is 0.348 e. The first-order valence-corrected chi connectivity index (χ1v) is 6.48. The summed E-state index contributed by atoms with van der Waals surface area (Å²) in [5.74, 6) is -0.361. The number of aromatic nitrogens is 2. The minimum atomic E-state index is -3.86. The zero-order valence-electron chi connectivity index (χ0n) is 9.64. The van der Waals surface area contributed by atoms with Crippen molar-refractivity contribution in [2.24, 2.45) is 7.05 Å². The van der Waals surface area contributed by atoms with Crippen molar-refractivity contribution in [1.82, 2.24) is 19.2 Å². The zero-order chi connectivity index (χ0) is 13.2. The molecule has 0 unspecified atom stereocenters. The van der Waals surface area contributed by atoms with E-state index >= 15 is 0 Å². The molecule has 0 saturated carbocycles. The van der Waals surface area contributed by atoms with Crippen LogP contribution in [0.15, 0.2) is 11.4 Å². The predicted molar refractivity (Wildman–Crippen MR) is 62.1 cm³/mol. The number of sulfonamides is 1. The molecule has 1 aromatic rings. The van der Waals surface area contributed by atoms with Crippen LogP contribution in [0.25, 0.3) is 0 Å². The molecule has 0 aliphatic carbocycles. The highest BCUT2D eigenvalue weighted by Gasteiger charge is 2.23. The minimum absolute atomic E-state index is 0.00481. The van der Waals surface area contributed by atoms with Gasteiger partial charge in [0.15, 0.2) is 0 Å². The van der Waals surface area contributed by atoms with Crippen molar-refractivity contribution in [2.75, 3.05) is 20.6 Å². The van der Waals surface area contributed by atoms with Crippen LogP contribution in [0.5, 0.6) is 0 Å². The van der Waals surface area contributed by atoms with Crippen LogP contribution < -0.4 is 4.72 Å². The van der Waals surface area contributed by atoms with Crippen LogP contribution in [0.2, 0.25) is 5.15 Å². The van der Waals surface area contributed by atoms with Gasteiger partial charge in [-0.1, -0.05) is 11.6 Å². The van der Waals surface area contributed by atoms with Gasteiger partial charge in [0, 0.05) is 21.1 Å². The average molecular weight is 281 g/mol. The first kappa shape index (κ1) is 13.9. The second kappa shape index (κ2) is 5.03. The van der Waals surface area contributed by atoms with Gasteiger partial charge in [0.1, 0.15) is 5.15 Å². The first-order valence-electron chi connectivity index (χ1n) is 4.62. The predicted octanol–water partition coefficient (Wildman–Crippen LogP) is -0.560. The SMILES string of the molecule is CN(C)C(=O)CNS(=O)(=O)c1ncn(C)c1Cl. The number of hydrogen-bond acceptors (Lipinski definition) is 4. The molecule has 1 amide bonds. The Labute approximate surface area is 104 Å². The molecular weight excluding hydrogens is 268 g/mol. The quantitative estimate of drug-likeness (QED) is 0.801. The molecule has 96 valence electrons. The van der Waals surface area contributed by atoms with Crippen molar-refractivity contribution >= 4 is 27.5 Å². The van der Waals surface area contributed by atoms with Crippen LogP contribution in [0.1, 0.15) is 0 Å². The third kappa shape index (κ3) is 3.18. The van der Waals surface area contributed by atoms with E-state index in [-0.39, 0.29) is 22.6 Å². The van der Waals surface area contributed by atoms with E-state index in [9.17, 15) is 13.2 Å². The van der Waals surface area contributed by atoms with Crippen molar-refractivity contribution in [3.8, 4) is 0 Å². The molecule has 0 saturated heterocycles. The summed E-state index contributed by atoms with van der Waals surface area (Å²) in [6, 6.07) is 0. The number of halogens is 1. The molecule has 1 aromatic heterocycles. The van der Waals surface area contributed by atoms with Crippen molar-refractivity contribution in [3.05, 3.63) is 11.5 Å². The van der Waals surface area contributed by atoms with E-state index in [0.29, 0.717) is 0 Å². The molecule has 0 spiro atoms. The van der Waals surface area contributed by atoms with Crippen LogP contribution >= 0.6 is 11.6 Å². The lowest BCUT2D eigenvalue weighted by Crippen LogP contribution is -2.36. The monoisotopic (exact) mass is 280 g/mol. The summed E-state index contributed by atoms with van der Waals surface area (Å²) >= 11 is 5.76. The summed E-state index contributed by atoms with van der Waals surface area (Å²) in [6.07, 6.45) is 1.28. The third-order valence-electron chi connectivity index (χ3n) is 2.00. The van der Waals surface area contributed by atoms with E-state index in [1.54, 1.807) is 7.05 Å². The lowest BCUT2D eigenvalue weighted by molar-refractivity contribution is -0.127. The Hall–Kier alpha value is -1.12. The number of likely N-dealkylation sites (N-methyl/N-ethyl adjacent to an activating group) is 1. The summed E-state index contributed by atoms with van der Waals surface area (Å²) < 4.78 is 27.0. The Morgan fingerprint density at radius 3 is 2.59 bits per heavy atom. The molecule has 0 bridgehead atoms. The van der Waals surface area contributed by atoms with Gasteiger partial charge in [-0.2, -0.15) is 0 Å². The Balaban J connectivity index is 2.84. The highest BCUT2D eigenvalue weighted by Crippen LogP contribution is 2.17. The molecule has 1 heterocycles. The molecule has 0 aliphatic rings. The number of imidazole rings is 1. The topological polar surface area (TPSA) is 84.3 Å². The van der Waals surface area contributed by atoms with Crippen LogP contribution in [0, 0.1) is 0 Å². The molecule has 0 aliphatic heterocycles. The molecule has 7 nitrogen and oxygen atoms in total. The summed E-state index contributed by atoms with van der Waals surface area (Å²) in [5.41, 5.74) is 0. The van der Waals surface area contributed by atoms with E-state index in [1.807, 2.05) is 0 Å². The fourth-order valence-electron chi connectivity index (χ4n) is 0.957. The number of amides is 1. The second-order valence-electron chi connectivity index (χ2n) is 3.56. The Morgan fingerprint density at radius 1 is 1.59 bits per heavy atom. The van der Waals surface area contributed by atoms with Gasteiger partial charge in [0.25, 0.3) is 10.0 Å².